The van der Waals surface area contributed by atoms with Crippen molar-refractivity contribution in [1.82, 2.24) is 4.90 Å². The highest BCUT2D eigenvalue weighted by atomic mass is 15.1. The van der Waals surface area contributed by atoms with E-state index in [1.165, 1.54) is 77.0 Å². The Balaban J connectivity index is 1.45. The zero-order valence-corrected chi connectivity index (χ0v) is 20.5. The molecule has 7 atom stereocenters. The Hall–Kier alpha value is -0.300. The molecule has 0 spiro atoms. The summed E-state index contributed by atoms with van der Waals surface area (Å²) in [5.74, 6) is 4.87. The predicted molar refractivity (Wildman–Crippen MR) is 126 cm³/mol. The molecule has 166 valence electrons. The van der Waals surface area contributed by atoms with Crippen LogP contribution in [-0.4, -0.2) is 25.0 Å². The zero-order valence-electron chi connectivity index (χ0n) is 20.5. The molecule has 3 fully saturated rings. The fraction of sp³-hybridized carbons (Fsp3) is 0.929. The molecule has 4 aliphatic rings. The quantitative estimate of drug-likeness (QED) is 0.326. The Kier molecular flexibility index (Phi) is 6.29. The van der Waals surface area contributed by atoms with Gasteiger partial charge in [-0.05, 0) is 112 Å². The van der Waals surface area contributed by atoms with Crippen molar-refractivity contribution in [2.24, 2.45) is 40.4 Å². The van der Waals surface area contributed by atoms with Crippen molar-refractivity contribution in [1.29, 1.82) is 0 Å². The summed E-state index contributed by atoms with van der Waals surface area (Å²) in [6.45, 7) is 10.2. The Morgan fingerprint density at radius 2 is 1.79 bits per heavy atom. The molecule has 3 saturated carbocycles. The third-order valence-electron chi connectivity index (χ3n) is 10.6. The van der Waals surface area contributed by atoms with E-state index in [0.717, 1.165) is 35.6 Å². The average molecular weight is 400 g/mol. The van der Waals surface area contributed by atoms with E-state index >= 15 is 0 Å². The van der Waals surface area contributed by atoms with Gasteiger partial charge in [-0.1, -0.05) is 58.6 Å². The van der Waals surface area contributed by atoms with Crippen molar-refractivity contribution >= 4 is 0 Å². The summed E-state index contributed by atoms with van der Waals surface area (Å²) in [7, 11) is 4.57. The topological polar surface area (TPSA) is 3.24 Å². The summed E-state index contributed by atoms with van der Waals surface area (Å²) < 4.78 is 0. The predicted octanol–water partition coefficient (Wildman–Crippen LogP) is 7.71. The van der Waals surface area contributed by atoms with Gasteiger partial charge in [-0.2, -0.15) is 0 Å². The van der Waals surface area contributed by atoms with Gasteiger partial charge in [0.2, 0.25) is 0 Å². The minimum Gasteiger partial charge on any atom is -0.306 e. The Morgan fingerprint density at radius 1 is 1.00 bits per heavy atom. The number of fused-ring (bicyclic) bond motifs is 5. The second-order valence-electron chi connectivity index (χ2n) is 12.6. The van der Waals surface area contributed by atoms with Gasteiger partial charge in [0, 0.05) is 6.04 Å². The molecular formula is C28H49N. The molecule has 4 rings (SSSR count). The Labute approximate surface area is 182 Å². The van der Waals surface area contributed by atoms with Gasteiger partial charge in [0.25, 0.3) is 0 Å². The van der Waals surface area contributed by atoms with Gasteiger partial charge in [-0.15, -0.1) is 0 Å². The first-order valence-electron chi connectivity index (χ1n) is 13.1. The molecule has 0 aliphatic heterocycles. The van der Waals surface area contributed by atoms with Crippen LogP contribution in [0, 0.1) is 40.4 Å². The third kappa shape index (κ3) is 3.88. The first-order chi connectivity index (χ1) is 13.8. The van der Waals surface area contributed by atoms with Crippen LogP contribution in [0.25, 0.3) is 0 Å². The Morgan fingerprint density at radius 3 is 2.52 bits per heavy atom. The zero-order chi connectivity index (χ0) is 20.8. The molecule has 0 bridgehead atoms. The van der Waals surface area contributed by atoms with Gasteiger partial charge < -0.3 is 4.90 Å². The Bertz CT molecular complexity index is 603. The normalized spacial score (nSPS) is 44.4. The molecule has 1 heteroatoms. The molecule has 0 amide bonds. The summed E-state index contributed by atoms with van der Waals surface area (Å²) >= 11 is 0. The fourth-order valence-electron chi connectivity index (χ4n) is 8.61. The van der Waals surface area contributed by atoms with Gasteiger partial charge in [-0.3, -0.25) is 0 Å². The molecule has 0 heterocycles. The summed E-state index contributed by atoms with van der Waals surface area (Å²) in [6.07, 6.45) is 20.3. The number of allylic oxidation sites excluding steroid dienone is 1. The van der Waals surface area contributed by atoms with Crippen LogP contribution in [0.3, 0.4) is 0 Å². The van der Waals surface area contributed by atoms with Crippen LogP contribution in [0.5, 0.6) is 0 Å². The molecule has 0 aromatic heterocycles. The van der Waals surface area contributed by atoms with Gasteiger partial charge in [0.05, 0.1) is 0 Å². The lowest BCUT2D eigenvalue weighted by Crippen LogP contribution is -2.51. The van der Waals surface area contributed by atoms with Crippen LogP contribution in [0.4, 0.5) is 0 Å². The van der Waals surface area contributed by atoms with Gasteiger partial charge >= 0.3 is 0 Å². The molecular weight excluding hydrogens is 350 g/mol. The monoisotopic (exact) mass is 399 g/mol. The highest BCUT2D eigenvalue weighted by Gasteiger charge is 2.58. The molecule has 0 saturated heterocycles. The van der Waals surface area contributed by atoms with Gasteiger partial charge in [0.15, 0.2) is 0 Å². The lowest BCUT2D eigenvalue weighted by Gasteiger charge is -2.58. The molecule has 1 nitrogen and oxygen atoms in total. The lowest BCUT2D eigenvalue weighted by atomic mass is 9.47. The first kappa shape index (κ1) is 21.9. The molecule has 29 heavy (non-hydrogen) atoms. The van der Waals surface area contributed by atoms with E-state index in [-0.39, 0.29) is 0 Å². The average Bonchev–Trinajstić information content (AvgIpc) is 3.00. The van der Waals surface area contributed by atoms with Crippen LogP contribution in [0.2, 0.25) is 0 Å². The molecule has 0 aromatic rings. The lowest BCUT2D eigenvalue weighted by molar-refractivity contribution is -0.0465. The van der Waals surface area contributed by atoms with E-state index in [2.05, 4.69) is 52.8 Å². The van der Waals surface area contributed by atoms with Crippen molar-refractivity contribution in [3.63, 3.8) is 0 Å². The number of hydrogen-bond acceptors (Lipinski definition) is 1. The van der Waals surface area contributed by atoms with Crippen molar-refractivity contribution in [2.45, 2.75) is 111 Å². The van der Waals surface area contributed by atoms with Crippen molar-refractivity contribution in [3.05, 3.63) is 11.6 Å². The summed E-state index contributed by atoms with van der Waals surface area (Å²) in [4.78, 5) is 2.48. The molecule has 0 radical (unpaired) electrons. The van der Waals surface area contributed by atoms with Crippen molar-refractivity contribution in [3.8, 4) is 0 Å². The summed E-state index contributed by atoms with van der Waals surface area (Å²) in [5.41, 5.74) is 3.02. The molecule has 4 aliphatic carbocycles. The maximum Gasteiger partial charge on any atom is 0.0127 e. The van der Waals surface area contributed by atoms with Crippen LogP contribution in [0.1, 0.15) is 105 Å². The van der Waals surface area contributed by atoms with E-state index in [4.69, 9.17) is 0 Å². The van der Waals surface area contributed by atoms with E-state index in [0.29, 0.717) is 10.8 Å². The van der Waals surface area contributed by atoms with Crippen molar-refractivity contribution < 1.29 is 0 Å². The van der Waals surface area contributed by atoms with E-state index < -0.39 is 0 Å². The standard InChI is InChI=1S/C28H49N/c1-20(2)9-7-8-10-21-12-14-25-24-13-11-22-19-23(29(5)6)15-17-28(22,4)26(24)16-18-27(21,25)3/h11,20-21,23-26H,7-10,12-19H2,1-6H3. The van der Waals surface area contributed by atoms with E-state index in [1.54, 1.807) is 0 Å². The second-order valence-corrected chi connectivity index (χ2v) is 12.6. The number of hydrogen-bond donors (Lipinski definition) is 0. The summed E-state index contributed by atoms with van der Waals surface area (Å²) in [6, 6.07) is 0.779. The number of nitrogens with zero attached hydrogens (tertiary/aromatic N) is 1. The molecule has 0 N–H and O–H groups in total. The minimum atomic E-state index is 0.520. The first-order valence-corrected chi connectivity index (χ1v) is 13.1. The molecule has 0 aromatic carbocycles. The van der Waals surface area contributed by atoms with E-state index in [1.807, 2.05) is 5.57 Å². The fourth-order valence-corrected chi connectivity index (χ4v) is 8.61. The highest BCUT2D eigenvalue weighted by molar-refractivity contribution is 5.25. The van der Waals surface area contributed by atoms with Crippen molar-refractivity contribution in [2.75, 3.05) is 14.1 Å². The van der Waals surface area contributed by atoms with Crippen LogP contribution < -0.4 is 0 Å². The maximum absolute atomic E-state index is 2.75. The third-order valence-corrected chi connectivity index (χ3v) is 10.6. The van der Waals surface area contributed by atoms with Crippen LogP contribution in [0.15, 0.2) is 11.6 Å². The smallest absolute Gasteiger partial charge is 0.0127 e. The van der Waals surface area contributed by atoms with Gasteiger partial charge in [0.1, 0.15) is 0 Å². The maximum atomic E-state index is 2.75. The summed E-state index contributed by atoms with van der Waals surface area (Å²) in [5, 5.41) is 0. The number of unbranched alkanes of at least 4 members (excludes halogenated alkanes) is 1. The highest BCUT2D eigenvalue weighted by Crippen LogP contribution is 2.66. The largest absolute Gasteiger partial charge is 0.306 e. The SMILES string of the molecule is CC(C)CCCCC1CCC2C3CC=C4CC(N(C)C)CCC4(C)C3CCC12C. The van der Waals surface area contributed by atoms with Crippen LogP contribution >= 0.6 is 0 Å². The van der Waals surface area contributed by atoms with Gasteiger partial charge in [-0.25, -0.2) is 0 Å². The van der Waals surface area contributed by atoms with Crippen LogP contribution in [-0.2, 0) is 0 Å². The van der Waals surface area contributed by atoms with E-state index in [9.17, 15) is 0 Å². The number of rotatable bonds is 6. The second kappa shape index (κ2) is 8.33. The minimum absolute atomic E-state index is 0.520. The molecule has 7 unspecified atom stereocenters.